The molecule has 3 aliphatic rings. The van der Waals surface area contributed by atoms with E-state index < -0.39 is 0 Å². The Morgan fingerprint density at radius 3 is 2.44 bits per heavy atom. The van der Waals surface area contributed by atoms with E-state index >= 15 is 0 Å². The van der Waals surface area contributed by atoms with E-state index in [9.17, 15) is 4.79 Å². The van der Waals surface area contributed by atoms with E-state index in [-0.39, 0.29) is 12.4 Å². The van der Waals surface area contributed by atoms with Crippen LogP contribution in [0.3, 0.4) is 0 Å². The average Bonchev–Trinajstić information content (AvgIpc) is 2.75. The Morgan fingerprint density at radius 1 is 1.28 bits per heavy atom. The summed E-state index contributed by atoms with van der Waals surface area (Å²) in [6.07, 6.45) is 4.21. The van der Waals surface area contributed by atoms with Gasteiger partial charge in [0.25, 0.3) is 0 Å². The van der Waals surface area contributed by atoms with Crippen molar-refractivity contribution in [3.8, 4) is 0 Å². The molecule has 2 bridgehead atoms. The number of hydrogen-bond donors (Lipinski definition) is 2. The van der Waals surface area contributed by atoms with Crippen LogP contribution in [-0.2, 0) is 4.79 Å². The number of carbonyl (C=O) groups excluding carboxylic acids is 1. The molecule has 3 rings (SSSR count). The van der Waals surface area contributed by atoms with Crippen LogP contribution in [0, 0.1) is 29.6 Å². The molecule has 0 saturated heterocycles. The van der Waals surface area contributed by atoms with Gasteiger partial charge in [-0.25, -0.2) is 0 Å². The Kier molecular flexibility index (Phi) is 4.22. The molecule has 0 spiro atoms. The third kappa shape index (κ3) is 2.27. The van der Waals surface area contributed by atoms with Gasteiger partial charge in [-0.1, -0.05) is 6.92 Å². The minimum absolute atomic E-state index is 0. The van der Waals surface area contributed by atoms with Crippen molar-refractivity contribution < 1.29 is 4.79 Å². The van der Waals surface area contributed by atoms with Crippen LogP contribution in [0.25, 0.3) is 0 Å². The van der Waals surface area contributed by atoms with E-state index in [0.29, 0.717) is 17.9 Å². The topological polar surface area (TPSA) is 41.1 Å². The Labute approximate surface area is 116 Å². The second kappa shape index (κ2) is 5.38. The number of halogens is 1. The highest BCUT2D eigenvalue weighted by atomic mass is 35.5. The number of fused-ring (bicyclic) bond motifs is 5. The van der Waals surface area contributed by atoms with Crippen LogP contribution in [-0.4, -0.2) is 25.0 Å². The number of amides is 1. The molecule has 2 N–H and O–H groups in total. The molecule has 3 fully saturated rings. The lowest BCUT2D eigenvalue weighted by Gasteiger charge is -2.14. The Bertz CT molecular complexity index is 307. The standard InChI is InChI=1S/C14H24N2O.ClH/c1-3-15-8(2)7-16-14(17)13-11-9-4-5-10(6-9)12(11)13;/h8-13,15H,3-7H2,1-2H3,(H,16,17);1H/t8-,9?,10?,11?,12?,13?;/m1./s1. The van der Waals surface area contributed by atoms with Crippen molar-refractivity contribution in [2.75, 3.05) is 13.1 Å². The fraction of sp³-hybridized carbons (Fsp3) is 0.929. The molecule has 4 heteroatoms. The smallest absolute Gasteiger partial charge is 0.223 e. The zero-order valence-corrected chi connectivity index (χ0v) is 12.1. The summed E-state index contributed by atoms with van der Waals surface area (Å²) in [4.78, 5) is 12.1. The van der Waals surface area contributed by atoms with Crippen LogP contribution in [0.4, 0.5) is 0 Å². The van der Waals surface area contributed by atoms with E-state index in [4.69, 9.17) is 0 Å². The monoisotopic (exact) mass is 272 g/mol. The molecule has 0 aromatic heterocycles. The van der Waals surface area contributed by atoms with Crippen molar-refractivity contribution in [3.63, 3.8) is 0 Å². The third-order valence-electron chi connectivity index (χ3n) is 5.17. The molecule has 0 aliphatic heterocycles. The Morgan fingerprint density at radius 2 is 1.89 bits per heavy atom. The fourth-order valence-corrected chi connectivity index (χ4v) is 4.47. The molecule has 3 nitrogen and oxygen atoms in total. The van der Waals surface area contributed by atoms with E-state index in [1.54, 1.807) is 0 Å². The first kappa shape index (κ1) is 14.1. The van der Waals surface area contributed by atoms with E-state index in [0.717, 1.165) is 36.8 Å². The van der Waals surface area contributed by atoms with Crippen molar-refractivity contribution in [2.45, 2.75) is 39.2 Å². The lowest BCUT2D eigenvalue weighted by Crippen LogP contribution is -2.40. The number of likely N-dealkylation sites (N-methyl/N-ethyl adjacent to an activating group) is 1. The van der Waals surface area contributed by atoms with Gasteiger partial charge in [0.1, 0.15) is 0 Å². The molecule has 104 valence electrons. The summed E-state index contributed by atoms with van der Waals surface area (Å²) in [5, 5.41) is 6.45. The highest BCUT2D eigenvalue weighted by molar-refractivity contribution is 5.85. The number of nitrogens with one attached hydrogen (secondary N) is 2. The zero-order chi connectivity index (χ0) is 12.0. The third-order valence-corrected chi connectivity index (χ3v) is 5.17. The van der Waals surface area contributed by atoms with E-state index in [1.807, 2.05) is 0 Å². The highest BCUT2D eigenvalue weighted by Gasteiger charge is 2.67. The predicted octanol–water partition coefficient (Wildman–Crippen LogP) is 1.81. The van der Waals surface area contributed by atoms with Gasteiger partial charge in [0, 0.05) is 18.5 Å². The maximum Gasteiger partial charge on any atom is 0.223 e. The second-order valence-corrected chi connectivity index (χ2v) is 6.22. The van der Waals surface area contributed by atoms with Crippen LogP contribution >= 0.6 is 12.4 Å². The SMILES string of the molecule is CCN[C@H](C)CNC(=O)C1C2C3CCC(C3)C12.Cl. The van der Waals surface area contributed by atoms with Crippen molar-refractivity contribution in [1.82, 2.24) is 10.6 Å². The minimum atomic E-state index is 0. The predicted molar refractivity (Wildman–Crippen MR) is 74.7 cm³/mol. The second-order valence-electron chi connectivity index (χ2n) is 6.22. The molecule has 5 atom stereocenters. The Hall–Kier alpha value is -0.280. The van der Waals surface area contributed by atoms with Gasteiger partial charge >= 0.3 is 0 Å². The molecule has 0 radical (unpaired) electrons. The lowest BCUT2D eigenvalue weighted by molar-refractivity contribution is -0.123. The maximum absolute atomic E-state index is 12.1. The summed E-state index contributed by atoms with van der Waals surface area (Å²) in [7, 11) is 0. The fourth-order valence-electron chi connectivity index (χ4n) is 4.47. The van der Waals surface area contributed by atoms with Gasteiger partial charge in [0.05, 0.1) is 0 Å². The van der Waals surface area contributed by atoms with Gasteiger partial charge < -0.3 is 10.6 Å². The first-order chi connectivity index (χ1) is 8.22. The molecule has 0 aromatic carbocycles. The van der Waals surface area contributed by atoms with Crippen LogP contribution < -0.4 is 10.6 Å². The summed E-state index contributed by atoms with van der Waals surface area (Å²) in [5.41, 5.74) is 0. The average molecular weight is 273 g/mol. The van der Waals surface area contributed by atoms with Gasteiger partial charge in [-0.05, 0) is 56.4 Å². The van der Waals surface area contributed by atoms with Crippen LogP contribution in [0.15, 0.2) is 0 Å². The van der Waals surface area contributed by atoms with Crippen molar-refractivity contribution in [1.29, 1.82) is 0 Å². The lowest BCUT2D eigenvalue weighted by atomic mass is 10.0. The number of carbonyl (C=O) groups is 1. The molecular formula is C14H25ClN2O. The summed E-state index contributed by atoms with van der Waals surface area (Å²) in [5.74, 6) is 4.04. The molecule has 0 heterocycles. The molecule has 18 heavy (non-hydrogen) atoms. The van der Waals surface area contributed by atoms with E-state index in [2.05, 4.69) is 24.5 Å². The minimum Gasteiger partial charge on any atom is -0.354 e. The molecule has 3 saturated carbocycles. The summed E-state index contributed by atoms with van der Waals surface area (Å²) in [6.45, 7) is 5.97. The molecular weight excluding hydrogens is 248 g/mol. The normalized spacial score (nSPS) is 40.9. The van der Waals surface area contributed by atoms with Crippen molar-refractivity contribution >= 4 is 18.3 Å². The molecule has 1 amide bonds. The van der Waals surface area contributed by atoms with Gasteiger partial charge in [-0.3, -0.25) is 4.79 Å². The van der Waals surface area contributed by atoms with Crippen molar-refractivity contribution in [3.05, 3.63) is 0 Å². The maximum atomic E-state index is 12.1. The molecule has 3 aliphatic carbocycles. The first-order valence-corrected chi connectivity index (χ1v) is 7.23. The molecule has 0 aromatic rings. The first-order valence-electron chi connectivity index (χ1n) is 7.23. The Balaban J connectivity index is 0.00000120. The van der Waals surface area contributed by atoms with Gasteiger partial charge in [-0.2, -0.15) is 0 Å². The van der Waals surface area contributed by atoms with Crippen LogP contribution in [0.1, 0.15) is 33.1 Å². The largest absolute Gasteiger partial charge is 0.354 e. The highest BCUT2D eigenvalue weighted by Crippen LogP contribution is 2.69. The van der Waals surface area contributed by atoms with Crippen LogP contribution in [0.2, 0.25) is 0 Å². The van der Waals surface area contributed by atoms with E-state index in [1.165, 1.54) is 19.3 Å². The van der Waals surface area contributed by atoms with Crippen LogP contribution in [0.5, 0.6) is 0 Å². The summed E-state index contributed by atoms with van der Waals surface area (Å²) < 4.78 is 0. The van der Waals surface area contributed by atoms with Crippen molar-refractivity contribution in [2.24, 2.45) is 29.6 Å². The number of hydrogen-bond acceptors (Lipinski definition) is 2. The molecule has 4 unspecified atom stereocenters. The number of rotatable bonds is 5. The summed E-state index contributed by atoms with van der Waals surface area (Å²) >= 11 is 0. The van der Waals surface area contributed by atoms with Gasteiger partial charge in [-0.15, -0.1) is 12.4 Å². The zero-order valence-electron chi connectivity index (χ0n) is 11.3. The quantitative estimate of drug-likeness (QED) is 0.802. The summed E-state index contributed by atoms with van der Waals surface area (Å²) in [6, 6.07) is 0.388. The van der Waals surface area contributed by atoms with Gasteiger partial charge in [0.15, 0.2) is 0 Å². The van der Waals surface area contributed by atoms with Gasteiger partial charge in [0.2, 0.25) is 5.91 Å².